The van der Waals surface area contributed by atoms with Crippen LogP contribution in [0.25, 0.3) is 0 Å². The molecule has 1 heterocycles. The number of nitrogens with one attached hydrogen (secondary N) is 2. The molecule has 0 atom stereocenters. The van der Waals surface area contributed by atoms with E-state index in [9.17, 15) is 9.59 Å². The number of carbonyl (C=O) groups is 2. The van der Waals surface area contributed by atoms with Crippen LogP contribution in [0.1, 0.15) is 43.1 Å². The summed E-state index contributed by atoms with van der Waals surface area (Å²) in [6.07, 6.45) is 2.65. The summed E-state index contributed by atoms with van der Waals surface area (Å²) in [5, 5.41) is 5.63. The molecule has 0 aliphatic heterocycles. The Bertz CT molecular complexity index is 857. The van der Waals surface area contributed by atoms with Gasteiger partial charge in [-0.3, -0.25) is 4.79 Å². The summed E-state index contributed by atoms with van der Waals surface area (Å²) in [4.78, 5) is 31.0. The lowest BCUT2D eigenvalue weighted by atomic mass is 10.3. The van der Waals surface area contributed by atoms with E-state index in [1.807, 2.05) is 13.8 Å². The van der Waals surface area contributed by atoms with Crippen molar-refractivity contribution in [3.8, 4) is 5.75 Å². The van der Waals surface area contributed by atoms with Gasteiger partial charge in [-0.15, -0.1) is 0 Å². The summed E-state index contributed by atoms with van der Waals surface area (Å²) >= 11 is 0. The molecule has 2 N–H and O–H groups in total. The Balaban J connectivity index is 1.97. The first-order chi connectivity index (χ1) is 16.1. The van der Waals surface area contributed by atoms with Gasteiger partial charge in [0.1, 0.15) is 12.0 Å². The summed E-state index contributed by atoms with van der Waals surface area (Å²) in [5.41, 5.74) is 0.776. The highest BCUT2D eigenvalue weighted by atomic mass is 16.5. The minimum Gasteiger partial charge on any atom is -0.497 e. The molecule has 0 radical (unpaired) electrons. The highest BCUT2D eigenvalue weighted by molar-refractivity contribution is 5.92. The third-order valence-electron chi connectivity index (χ3n) is 4.59. The van der Waals surface area contributed by atoms with E-state index >= 15 is 0 Å². The van der Waals surface area contributed by atoms with Crippen molar-refractivity contribution in [1.82, 2.24) is 15.2 Å². The van der Waals surface area contributed by atoms with E-state index in [2.05, 4.69) is 15.6 Å². The lowest BCUT2D eigenvalue weighted by molar-refractivity contribution is 0.0939. The van der Waals surface area contributed by atoms with Crippen LogP contribution < -0.4 is 15.4 Å². The molecule has 33 heavy (non-hydrogen) atoms. The van der Waals surface area contributed by atoms with E-state index in [0.29, 0.717) is 63.8 Å². The molecule has 10 nitrogen and oxygen atoms in total. The van der Waals surface area contributed by atoms with Crippen LogP contribution >= 0.6 is 0 Å². The third-order valence-corrected chi connectivity index (χ3v) is 4.59. The summed E-state index contributed by atoms with van der Waals surface area (Å²) < 4.78 is 21.3. The minimum absolute atomic E-state index is 0.111. The number of anilines is 1. The van der Waals surface area contributed by atoms with Crippen molar-refractivity contribution in [3.63, 3.8) is 0 Å². The van der Waals surface area contributed by atoms with Gasteiger partial charge in [0.25, 0.3) is 5.91 Å². The zero-order valence-corrected chi connectivity index (χ0v) is 19.6. The molecule has 182 valence electrons. The molecule has 2 rings (SSSR count). The SMILES string of the molecule is CCOCCCNC(=O)c1coc(CN(CCCOCC)C(=O)Nc2cccc(OC)c2)n1. The van der Waals surface area contributed by atoms with E-state index in [-0.39, 0.29) is 30.1 Å². The van der Waals surface area contributed by atoms with Crippen LogP contribution in [0, 0.1) is 0 Å². The maximum atomic E-state index is 12.9. The number of aromatic nitrogens is 1. The fourth-order valence-electron chi connectivity index (χ4n) is 2.92. The number of ether oxygens (including phenoxy) is 3. The number of carbonyl (C=O) groups excluding carboxylic acids is 2. The molecule has 0 saturated carbocycles. The average Bonchev–Trinajstić information content (AvgIpc) is 3.29. The Morgan fingerprint density at radius 1 is 1.12 bits per heavy atom. The lowest BCUT2D eigenvalue weighted by Crippen LogP contribution is -2.36. The van der Waals surface area contributed by atoms with Gasteiger partial charge in [0.05, 0.1) is 13.7 Å². The number of amides is 3. The molecular formula is C23H34N4O6. The number of oxazole rings is 1. The molecule has 10 heteroatoms. The molecule has 3 amide bonds. The fourth-order valence-corrected chi connectivity index (χ4v) is 2.92. The molecule has 0 bridgehead atoms. The monoisotopic (exact) mass is 462 g/mol. The second-order valence-electron chi connectivity index (χ2n) is 7.07. The molecule has 0 spiro atoms. The van der Waals surface area contributed by atoms with Gasteiger partial charge in [0.15, 0.2) is 5.69 Å². The first-order valence-electron chi connectivity index (χ1n) is 11.1. The number of nitrogens with zero attached hydrogens (tertiary/aromatic N) is 2. The highest BCUT2D eigenvalue weighted by Crippen LogP contribution is 2.18. The standard InChI is InChI=1S/C23H34N4O6/c1-4-31-13-7-11-24-22(28)20-17-33-21(26-20)16-27(12-8-14-32-5-2)23(29)25-18-9-6-10-19(15-18)30-3/h6,9-10,15,17H,4-5,7-8,11-14,16H2,1-3H3,(H,24,28)(H,25,29). The van der Waals surface area contributed by atoms with Crippen LogP contribution in [0.5, 0.6) is 5.75 Å². The van der Waals surface area contributed by atoms with E-state index in [4.69, 9.17) is 18.6 Å². The van der Waals surface area contributed by atoms with Crippen LogP contribution in [0.3, 0.4) is 0 Å². The topological polar surface area (TPSA) is 115 Å². The number of rotatable bonds is 15. The molecule has 0 saturated heterocycles. The Kier molecular flexibility index (Phi) is 11.8. The Morgan fingerprint density at radius 3 is 2.61 bits per heavy atom. The quantitative estimate of drug-likeness (QED) is 0.390. The molecule has 0 aliphatic carbocycles. The predicted octanol–water partition coefficient (Wildman–Crippen LogP) is 3.30. The Morgan fingerprint density at radius 2 is 1.88 bits per heavy atom. The van der Waals surface area contributed by atoms with Gasteiger partial charge >= 0.3 is 6.03 Å². The number of benzene rings is 1. The van der Waals surface area contributed by atoms with Crippen molar-refractivity contribution in [1.29, 1.82) is 0 Å². The van der Waals surface area contributed by atoms with Crippen LogP contribution in [0.15, 0.2) is 34.9 Å². The van der Waals surface area contributed by atoms with Crippen LogP contribution in [-0.4, -0.2) is 68.4 Å². The molecular weight excluding hydrogens is 428 g/mol. The van der Waals surface area contributed by atoms with Crippen LogP contribution in [0.4, 0.5) is 10.5 Å². The van der Waals surface area contributed by atoms with E-state index in [0.717, 1.165) is 0 Å². The number of methoxy groups -OCH3 is 1. The second kappa shape index (κ2) is 14.9. The van der Waals surface area contributed by atoms with Gasteiger partial charge in [0.2, 0.25) is 5.89 Å². The van der Waals surface area contributed by atoms with Crippen molar-refractivity contribution < 1.29 is 28.2 Å². The molecule has 0 unspecified atom stereocenters. The van der Waals surface area contributed by atoms with Gasteiger partial charge in [-0.2, -0.15) is 0 Å². The molecule has 2 aromatic rings. The smallest absolute Gasteiger partial charge is 0.322 e. The number of hydrogen-bond donors (Lipinski definition) is 2. The molecule has 1 aromatic heterocycles. The maximum absolute atomic E-state index is 12.9. The normalized spacial score (nSPS) is 10.6. The second-order valence-corrected chi connectivity index (χ2v) is 7.07. The zero-order valence-electron chi connectivity index (χ0n) is 19.6. The molecule has 0 fully saturated rings. The fraction of sp³-hybridized carbons (Fsp3) is 0.522. The summed E-state index contributed by atoms with van der Waals surface area (Å²) in [7, 11) is 1.57. The predicted molar refractivity (Wildman–Crippen MR) is 123 cm³/mol. The summed E-state index contributed by atoms with van der Waals surface area (Å²) in [5.74, 6) is 0.581. The largest absolute Gasteiger partial charge is 0.497 e. The van der Waals surface area contributed by atoms with Crippen molar-refractivity contribution in [2.75, 3.05) is 51.9 Å². The Labute approximate surface area is 194 Å². The van der Waals surface area contributed by atoms with E-state index < -0.39 is 0 Å². The van der Waals surface area contributed by atoms with Crippen molar-refractivity contribution in [3.05, 3.63) is 42.1 Å². The van der Waals surface area contributed by atoms with Crippen LogP contribution in [-0.2, 0) is 16.0 Å². The van der Waals surface area contributed by atoms with E-state index in [1.54, 1.807) is 36.3 Å². The lowest BCUT2D eigenvalue weighted by Gasteiger charge is -2.22. The number of urea groups is 1. The number of hydrogen-bond acceptors (Lipinski definition) is 7. The van der Waals surface area contributed by atoms with Gasteiger partial charge in [0, 0.05) is 51.3 Å². The van der Waals surface area contributed by atoms with Crippen LogP contribution in [0.2, 0.25) is 0 Å². The molecule has 0 aliphatic rings. The maximum Gasteiger partial charge on any atom is 0.322 e. The van der Waals surface area contributed by atoms with Crippen molar-refractivity contribution >= 4 is 17.6 Å². The highest BCUT2D eigenvalue weighted by Gasteiger charge is 2.19. The first kappa shape index (κ1) is 26.1. The van der Waals surface area contributed by atoms with Crippen molar-refractivity contribution in [2.45, 2.75) is 33.2 Å². The first-order valence-corrected chi connectivity index (χ1v) is 11.1. The zero-order chi connectivity index (χ0) is 23.9. The summed E-state index contributed by atoms with van der Waals surface area (Å²) in [6, 6.07) is 6.78. The van der Waals surface area contributed by atoms with Gasteiger partial charge in [-0.25, -0.2) is 9.78 Å². The average molecular weight is 463 g/mol. The van der Waals surface area contributed by atoms with Gasteiger partial charge in [-0.1, -0.05) is 6.07 Å². The third kappa shape index (κ3) is 9.50. The van der Waals surface area contributed by atoms with Crippen molar-refractivity contribution in [2.24, 2.45) is 0 Å². The van der Waals surface area contributed by atoms with Gasteiger partial charge < -0.3 is 34.2 Å². The molecule has 1 aromatic carbocycles. The van der Waals surface area contributed by atoms with E-state index in [1.165, 1.54) is 6.26 Å². The minimum atomic E-state index is -0.328. The Hall–Kier alpha value is -3.11. The summed E-state index contributed by atoms with van der Waals surface area (Å²) in [6.45, 7) is 7.23. The van der Waals surface area contributed by atoms with Gasteiger partial charge in [-0.05, 0) is 38.8 Å².